The molecule has 1 amide bonds. The van der Waals surface area contributed by atoms with Gasteiger partial charge in [-0.1, -0.05) is 6.07 Å². The van der Waals surface area contributed by atoms with Gasteiger partial charge in [0.2, 0.25) is 21.8 Å². The monoisotopic (exact) mass is 545 g/mol. The molecule has 0 spiro atoms. The van der Waals surface area contributed by atoms with Crippen molar-refractivity contribution in [3.8, 4) is 17.2 Å². The zero-order valence-corrected chi connectivity index (χ0v) is 20.3. The maximum absolute atomic E-state index is 13.3. The number of hydrogen-bond acceptors (Lipinski definition) is 6. The van der Waals surface area contributed by atoms with Gasteiger partial charge < -0.3 is 5.32 Å². The zero-order valence-electron chi connectivity index (χ0n) is 19.5. The molecule has 8 nitrogen and oxygen atoms in total. The van der Waals surface area contributed by atoms with Crippen LogP contribution in [-0.4, -0.2) is 41.2 Å². The van der Waals surface area contributed by atoms with Crippen LogP contribution in [0.3, 0.4) is 0 Å². The minimum Gasteiger partial charge on any atom is -0.351 e. The fourth-order valence-electron chi connectivity index (χ4n) is 4.68. The van der Waals surface area contributed by atoms with E-state index in [9.17, 15) is 36.0 Å². The molecule has 2 aliphatic rings. The van der Waals surface area contributed by atoms with Gasteiger partial charge in [0.25, 0.3) is 0 Å². The van der Waals surface area contributed by atoms with Gasteiger partial charge in [0.15, 0.2) is 0 Å². The van der Waals surface area contributed by atoms with Gasteiger partial charge in [0.05, 0.1) is 16.5 Å². The lowest BCUT2D eigenvalue weighted by atomic mass is 10.0. The van der Waals surface area contributed by atoms with E-state index in [4.69, 9.17) is 0 Å². The number of nitrogens with zero attached hydrogens (tertiary/aromatic N) is 4. The molecule has 0 bridgehead atoms. The van der Waals surface area contributed by atoms with Crippen LogP contribution in [0.2, 0.25) is 0 Å². The molecule has 1 unspecified atom stereocenters. The number of carbonyl (C=O) groups excluding carboxylic acids is 1. The van der Waals surface area contributed by atoms with E-state index in [1.807, 2.05) is 6.07 Å². The fraction of sp³-hybridized carbons (Fsp3) is 0.280. The first-order valence-electron chi connectivity index (χ1n) is 11.5. The second kappa shape index (κ2) is 9.45. The van der Waals surface area contributed by atoms with Crippen LogP contribution in [0, 0.1) is 29.0 Å². The molecule has 5 rings (SSSR count). The molecule has 2 aromatic carbocycles. The number of hydrogen-bond donors (Lipinski definition) is 1. The zero-order chi connectivity index (χ0) is 27.2. The summed E-state index contributed by atoms with van der Waals surface area (Å²) in [6, 6.07) is 9.96. The molecule has 196 valence electrons. The van der Waals surface area contributed by atoms with E-state index in [0.717, 1.165) is 41.0 Å². The molecular weight excluding hydrogens is 526 g/mol. The van der Waals surface area contributed by atoms with Gasteiger partial charge in [-0.3, -0.25) is 4.79 Å². The Hall–Kier alpha value is -3.89. The van der Waals surface area contributed by atoms with Crippen LogP contribution in [0.5, 0.6) is 0 Å². The van der Waals surface area contributed by atoms with Gasteiger partial charge in [-0.05, 0) is 65.8 Å². The SMILES string of the molecule is N#Cc1ccc(-c2cnc(C(F)(F)F)nc2)cc1CNC(=O)[C@@H]1C2C[C@H]2CN1S(=O)(=O)c1ccc(F)cc1. The number of amides is 1. The Labute approximate surface area is 215 Å². The first-order chi connectivity index (χ1) is 18.0. The van der Waals surface area contributed by atoms with E-state index in [0.29, 0.717) is 17.5 Å². The van der Waals surface area contributed by atoms with Crippen molar-refractivity contribution >= 4 is 15.9 Å². The number of nitrogens with one attached hydrogen (secondary N) is 1. The Morgan fingerprint density at radius 3 is 2.42 bits per heavy atom. The number of piperidine rings is 1. The summed E-state index contributed by atoms with van der Waals surface area (Å²) in [5, 5.41) is 12.2. The van der Waals surface area contributed by atoms with Crippen molar-refractivity contribution in [3.63, 3.8) is 0 Å². The van der Waals surface area contributed by atoms with Gasteiger partial charge in [-0.2, -0.15) is 22.7 Å². The summed E-state index contributed by atoms with van der Waals surface area (Å²) in [6.07, 6.45) is -1.94. The molecule has 1 aromatic heterocycles. The number of rotatable bonds is 6. The predicted octanol–water partition coefficient (Wildman–Crippen LogP) is 3.50. The van der Waals surface area contributed by atoms with Crippen molar-refractivity contribution in [1.29, 1.82) is 5.26 Å². The third-order valence-corrected chi connectivity index (χ3v) is 8.58. The van der Waals surface area contributed by atoms with Crippen molar-refractivity contribution in [2.45, 2.75) is 30.1 Å². The maximum Gasteiger partial charge on any atom is 0.451 e. The van der Waals surface area contributed by atoms with E-state index in [2.05, 4.69) is 15.3 Å². The number of halogens is 4. The van der Waals surface area contributed by atoms with E-state index in [1.54, 1.807) is 0 Å². The molecule has 1 saturated carbocycles. The van der Waals surface area contributed by atoms with Crippen LogP contribution in [0.4, 0.5) is 17.6 Å². The molecule has 3 aromatic rings. The summed E-state index contributed by atoms with van der Waals surface area (Å²) in [6.45, 7) is 0.0602. The molecule has 0 radical (unpaired) electrons. The number of benzene rings is 2. The molecule has 1 N–H and O–H groups in total. The molecule has 2 heterocycles. The molecule has 1 aliphatic carbocycles. The van der Waals surface area contributed by atoms with Crippen LogP contribution in [0.25, 0.3) is 11.1 Å². The minimum atomic E-state index is -4.68. The molecule has 1 aliphatic heterocycles. The highest BCUT2D eigenvalue weighted by Crippen LogP contribution is 2.51. The summed E-state index contributed by atoms with van der Waals surface area (Å²) < 4.78 is 79.1. The Bertz CT molecular complexity index is 1540. The van der Waals surface area contributed by atoms with Gasteiger partial charge in [0.1, 0.15) is 11.9 Å². The highest BCUT2D eigenvalue weighted by molar-refractivity contribution is 7.89. The van der Waals surface area contributed by atoms with E-state index >= 15 is 0 Å². The fourth-order valence-corrected chi connectivity index (χ4v) is 6.37. The van der Waals surface area contributed by atoms with Crippen molar-refractivity contribution in [3.05, 3.63) is 77.6 Å². The van der Waals surface area contributed by atoms with Gasteiger partial charge in [-0.25, -0.2) is 22.8 Å². The largest absolute Gasteiger partial charge is 0.451 e. The second-order valence-electron chi connectivity index (χ2n) is 9.13. The Kier molecular flexibility index (Phi) is 6.40. The molecule has 38 heavy (non-hydrogen) atoms. The number of nitriles is 1. The topological polar surface area (TPSA) is 116 Å². The lowest BCUT2D eigenvalue weighted by Gasteiger charge is -2.26. The van der Waals surface area contributed by atoms with Crippen molar-refractivity contribution in [2.75, 3.05) is 6.54 Å². The number of alkyl halides is 3. The van der Waals surface area contributed by atoms with Crippen LogP contribution < -0.4 is 5.32 Å². The van der Waals surface area contributed by atoms with Crippen molar-refractivity contribution in [2.24, 2.45) is 11.8 Å². The second-order valence-corrected chi connectivity index (χ2v) is 11.0. The predicted molar refractivity (Wildman–Crippen MR) is 125 cm³/mol. The Morgan fingerprint density at radius 1 is 1.11 bits per heavy atom. The average Bonchev–Trinajstić information content (AvgIpc) is 3.55. The number of sulfonamides is 1. The molecule has 13 heteroatoms. The molecule has 1 saturated heterocycles. The summed E-state index contributed by atoms with van der Waals surface area (Å²) in [5.41, 5.74) is 1.33. The molecule has 3 atom stereocenters. The first-order valence-corrected chi connectivity index (χ1v) is 12.9. The standard InChI is InChI=1S/C25H19F4N5O3S/c26-19-3-5-20(6-4-19)38(36,37)34-13-17-8-21(17)22(34)23(35)31-10-16-7-14(1-2-15(16)9-30)18-11-32-24(33-12-18)25(27,28)29/h1-7,11-12,17,21-22H,8,10,13H2,(H,31,35)/t17-,21?,22-/m0/s1. The van der Waals surface area contributed by atoms with Gasteiger partial charge >= 0.3 is 6.18 Å². The van der Waals surface area contributed by atoms with Crippen molar-refractivity contribution in [1.82, 2.24) is 19.6 Å². The van der Waals surface area contributed by atoms with Crippen LogP contribution in [-0.2, 0) is 27.5 Å². The Balaban J connectivity index is 1.35. The van der Waals surface area contributed by atoms with Crippen molar-refractivity contribution < 1.29 is 30.8 Å². The smallest absolute Gasteiger partial charge is 0.351 e. The summed E-state index contributed by atoms with van der Waals surface area (Å²) in [5.74, 6) is -2.49. The summed E-state index contributed by atoms with van der Waals surface area (Å²) >= 11 is 0. The summed E-state index contributed by atoms with van der Waals surface area (Å²) in [4.78, 5) is 19.8. The first kappa shape index (κ1) is 25.7. The molecular formula is C25H19F4N5O3S. The van der Waals surface area contributed by atoms with Gasteiger partial charge in [-0.15, -0.1) is 0 Å². The van der Waals surface area contributed by atoms with E-state index in [-0.39, 0.29) is 40.9 Å². The normalized spacial score (nSPS) is 21.0. The van der Waals surface area contributed by atoms with Crippen LogP contribution in [0.15, 0.2) is 59.8 Å². The molecule has 2 fully saturated rings. The summed E-state index contributed by atoms with van der Waals surface area (Å²) in [7, 11) is -4.05. The lowest BCUT2D eigenvalue weighted by molar-refractivity contribution is -0.145. The highest BCUT2D eigenvalue weighted by atomic mass is 32.2. The van der Waals surface area contributed by atoms with E-state index < -0.39 is 39.8 Å². The van der Waals surface area contributed by atoms with Gasteiger partial charge in [0, 0.05) is 31.0 Å². The van der Waals surface area contributed by atoms with E-state index in [1.165, 1.54) is 18.2 Å². The average molecular weight is 546 g/mol. The Morgan fingerprint density at radius 2 is 1.79 bits per heavy atom. The highest BCUT2D eigenvalue weighted by Gasteiger charge is 2.58. The van der Waals surface area contributed by atoms with Crippen LogP contribution in [0.1, 0.15) is 23.4 Å². The number of fused-ring (bicyclic) bond motifs is 1. The third-order valence-electron chi connectivity index (χ3n) is 6.71. The third kappa shape index (κ3) is 4.84. The maximum atomic E-state index is 13.3. The quantitative estimate of drug-likeness (QED) is 0.474. The van der Waals surface area contributed by atoms with Crippen LogP contribution >= 0.6 is 0 Å². The number of carbonyl (C=O) groups is 1. The minimum absolute atomic E-state index is 0.0543. The number of aromatic nitrogens is 2. The lowest BCUT2D eigenvalue weighted by Crippen LogP contribution is -2.48.